The van der Waals surface area contributed by atoms with Crippen molar-refractivity contribution in [2.24, 2.45) is 17.8 Å². The summed E-state index contributed by atoms with van der Waals surface area (Å²) < 4.78 is 22.5. The minimum absolute atomic E-state index is 0.0476. The van der Waals surface area contributed by atoms with Gasteiger partial charge in [-0.3, -0.25) is 4.57 Å². The van der Waals surface area contributed by atoms with E-state index < -0.39 is 13.2 Å². The van der Waals surface area contributed by atoms with E-state index in [9.17, 15) is 0 Å². The first kappa shape index (κ1) is 27.5. The van der Waals surface area contributed by atoms with Crippen LogP contribution in [0.5, 0.6) is 0 Å². The van der Waals surface area contributed by atoms with Gasteiger partial charge in [0.1, 0.15) is 5.78 Å². The number of nitrogens with one attached hydrogen (secondary N) is 1. The molecule has 0 unspecified atom stereocenters. The molecule has 0 aliphatic heterocycles. The lowest BCUT2D eigenvalue weighted by molar-refractivity contribution is 0.0489. The maximum Gasteiger partial charge on any atom is 0.258 e. The first-order valence-electron chi connectivity index (χ1n) is 13.6. The number of benzene rings is 3. The molecule has 0 aromatic heterocycles. The maximum absolute atomic E-state index is 15.5. The monoisotopic (exact) mass is 518 g/mol. The molecule has 0 bridgehead atoms. The number of nitrogens with zero attached hydrogens (tertiary/aromatic N) is 1. The fourth-order valence-electron chi connectivity index (χ4n) is 5.47. The molecule has 3 aromatic rings. The number of para-hydroxylation sites is 1. The van der Waals surface area contributed by atoms with Gasteiger partial charge in [0.05, 0.1) is 6.10 Å². The minimum atomic E-state index is -3.44. The van der Waals surface area contributed by atoms with Gasteiger partial charge in [0.2, 0.25) is 0 Å². The van der Waals surface area contributed by atoms with E-state index >= 15 is 4.57 Å². The summed E-state index contributed by atoms with van der Waals surface area (Å²) in [7, 11) is 0.607. The third-order valence-electron chi connectivity index (χ3n) is 7.79. The van der Waals surface area contributed by atoms with Gasteiger partial charge in [-0.05, 0) is 79.5 Å². The number of hydrogen-bond acceptors (Lipinski definition) is 4. The summed E-state index contributed by atoms with van der Waals surface area (Å²) in [6, 6.07) is 26.5. The van der Waals surface area contributed by atoms with Gasteiger partial charge in [-0.25, -0.2) is 0 Å². The molecule has 0 saturated heterocycles. The van der Waals surface area contributed by atoms with Crippen LogP contribution in [-0.2, 0) is 9.09 Å². The smallest absolute Gasteiger partial charge is 0.258 e. The van der Waals surface area contributed by atoms with Crippen LogP contribution in [0, 0.1) is 24.7 Å². The quantitative estimate of drug-likeness (QED) is 0.290. The molecule has 1 aliphatic carbocycles. The third kappa shape index (κ3) is 6.48. The second kappa shape index (κ2) is 11.9. The van der Waals surface area contributed by atoms with Crippen LogP contribution in [0.4, 0.5) is 11.4 Å². The zero-order valence-electron chi connectivity index (χ0n) is 23.2. The van der Waals surface area contributed by atoms with E-state index in [2.05, 4.69) is 62.2 Å². The highest BCUT2D eigenvalue weighted by Crippen LogP contribution is 2.61. The van der Waals surface area contributed by atoms with E-state index in [4.69, 9.17) is 4.52 Å². The lowest BCUT2D eigenvalue weighted by Gasteiger charge is -2.41. The SMILES string of the molecule is Cc1ccc([C@@H](Nc2ccccc2)[P@](=O)(O[C@@H]2C[C@H](C)CC[C@H]2C(C)C)c2ccc(N(C)C)cc2)cc1. The molecule has 0 heterocycles. The lowest BCUT2D eigenvalue weighted by atomic mass is 9.75. The summed E-state index contributed by atoms with van der Waals surface area (Å²) in [5.74, 6) is 0.915. The Bertz CT molecular complexity index is 1180. The van der Waals surface area contributed by atoms with Crippen LogP contribution >= 0.6 is 7.37 Å². The van der Waals surface area contributed by atoms with Crippen LogP contribution in [0.1, 0.15) is 56.9 Å². The summed E-state index contributed by atoms with van der Waals surface area (Å²) >= 11 is 0. The highest BCUT2D eigenvalue weighted by Gasteiger charge is 2.43. The predicted octanol–water partition coefficient (Wildman–Crippen LogP) is 8.25. The first-order valence-corrected chi connectivity index (χ1v) is 15.3. The van der Waals surface area contributed by atoms with Gasteiger partial charge in [0.15, 0.2) is 0 Å². The molecule has 5 heteroatoms. The molecular weight excluding hydrogens is 475 g/mol. The Kier molecular flexibility index (Phi) is 8.82. The second-order valence-electron chi connectivity index (χ2n) is 11.3. The first-order chi connectivity index (χ1) is 17.7. The maximum atomic E-state index is 15.5. The Morgan fingerprint density at radius 1 is 0.919 bits per heavy atom. The Morgan fingerprint density at radius 3 is 2.16 bits per heavy atom. The van der Waals surface area contributed by atoms with Crippen molar-refractivity contribution in [1.29, 1.82) is 0 Å². The molecule has 1 aliphatic rings. The van der Waals surface area contributed by atoms with E-state index in [1.807, 2.05) is 68.7 Å². The topological polar surface area (TPSA) is 41.6 Å². The number of hydrogen-bond donors (Lipinski definition) is 1. The van der Waals surface area contributed by atoms with Crippen LogP contribution in [0.2, 0.25) is 0 Å². The van der Waals surface area contributed by atoms with Gasteiger partial charge < -0.3 is 14.7 Å². The number of anilines is 2. The molecule has 0 amide bonds. The molecule has 4 nitrogen and oxygen atoms in total. The lowest BCUT2D eigenvalue weighted by Crippen LogP contribution is -2.35. The van der Waals surface area contributed by atoms with Crippen LogP contribution in [0.3, 0.4) is 0 Å². The third-order valence-corrected chi connectivity index (χ3v) is 10.5. The zero-order valence-corrected chi connectivity index (χ0v) is 24.1. The molecule has 0 spiro atoms. The number of aryl methyl sites for hydroxylation is 1. The van der Waals surface area contributed by atoms with E-state index in [0.29, 0.717) is 17.8 Å². The Balaban J connectivity index is 1.84. The number of rotatable bonds is 9. The standard InChI is InChI=1S/C32H43N2O2P/c1-23(2)30-21-14-25(4)22-31(30)36-37(35,29-19-17-28(18-20-29)34(5)6)32(26-15-12-24(3)13-16-26)33-27-10-8-7-9-11-27/h7-13,15-20,23,25,30-33H,14,21-22H2,1-6H3/t25-,30+,31-,32+,37-/m1/s1. The highest BCUT2D eigenvalue weighted by molar-refractivity contribution is 7.67. The van der Waals surface area contributed by atoms with E-state index in [1.165, 1.54) is 12.0 Å². The molecule has 5 atom stereocenters. The van der Waals surface area contributed by atoms with Crippen molar-refractivity contribution >= 4 is 24.0 Å². The van der Waals surface area contributed by atoms with Gasteiger partial charge in [-0.2, -0.15) is 0 Å². The van der Waals surface area contributed by atoms with Crippen molar-refractivity contribution in [3.05, 3.63) is 90.0 Å². The van der Waals surface area contributed by atoms with E-state index in [1.54, 1.807) is 0 Å². The zero-order chi connectivity index (χ0) is 26.6. The largest absolute Gasteiger partial charge is 0.378 e. The second-order valence-corrected chi connectivity index (χ2v) is 13.7. The molecule has 1 fully saturated rings. The van der Waals surface area contributed by atoms with Gasteiger partial charge in [-0.15, -0.1) is 0 Å². The summed E-state index contributed by atoms with van der Waals surface area (Å²) in [5, 5.41) is 4.39. The van der Waals surface area contributed by atoms with Crippen LogP contribution in [0.15, 0.2) is 78.9 Å². The van der Waals surface area contributed by atoms with Crippen molar-refractivity contribution in [1.82, 2.24) is 0 Å². The van der Waals surface area contributed by atoms with Crippen molar-refractivity contribution < 1.29 is 9.09 Å². The van der Waals surface area contributed by atoms with Gasteiger partial charge >= 0.3 is 0 Å². The van der Waals surface area contributed by atoms with Crippen molar-refractivity contribution in [2.75, 3.05) is 24.3 Å². The summed E-state index contributed by atoms with van der Waals surface area (Å²) in [6.45, 7) is 8.92. The van der Waals surface area contributed by atoms with Crippen LogP contribution in [-0.4, -0.2) is 20.2 Å². The van der Waals surface area contributed by atoms with Crippen molar-refractivity contribution in [3.8, 4) is 0 Å². The molecule has 37 heavy (non-hydrogen) atoms. The summed E-state index contributed by atoms with van der Waals surface area (Å²) in [6.07, 6.45) is 3.21. The fourth-order valence-corrected chi connectivity index (χ4v) is 8.11. The fraction of sp³-hybridized carbons (Fsp3) is 0.438. The van der Waals surface area contributed by atoms with Crippen LogP contribution < -0.4 is 15.5 Å². The van der Waals surface area contributed by atoms with E-state index in [-0.39, 0.29) is 6.10 Å². The molecule has 3 aromatic carbocycles. The molecule has 1 saturated carbocycles. The molecule has 4 rings (SSSR count). The highest BCUT2D eigenvalue weighted by atomic mass is 31.2. The van der Waals surface area contributed by atoms with Crippen molar-refractivity contribution in [3.63, 3.8) is 0 Å². The van der Waals surface area contributed by atoms with Crippen molar-refractivity contribution in [2.45, 2.75) is 58.8 Å². The van der Waals surface area contributed by atoms with E-state index in [0.717, 1.165) is 35.1 Å². The Hall–Kier alpha value is -2.55. The Morgan fingerprint density at radius 2 is 1.57 bits per heavy atom. The van der Waals surface area contributed by atoms with Gasteiger partial charge in [0, 0.05) is 30.8 Å². The minimum Gasteiger partial charge on any atom is -0.378 e. The predicted molar refractivity (Wildman–Crippen MR) is 158 cm³/mol. The van der Waals surface area contributed by atoms with Crippen LogP contribution in [0.25, 0.3) is 0 Å². The molecule has 1 N–H and O–H groups in total. The average molecular weight is 519 g/mol. The summed E-state index contributed by atoms with van der Waals surface area (Å²) in [4.78, 5) is 2.06. The average Bonchev–Trinajstić information content (AvgIpc) is 2.88. The van der Waals surface area contributed by atoms with Gasteiger partial charge in [0.25, 0.3) is 7.37 Å². The molecule has 0 radical (unpaired) electrons. The summed E-state index contributed by atoms with van der Waals surface area (Å²) in [5.41, 5.74) is 4.15. The molecular formula is C32H43N2O2P. The molecule has 198 valence electrons. The normalized spacial score (nSPS) is 22.3. The van der Waals surface area contributed by atoms with Gasteiger partial charge in [-0.1, -0.05) is 75.2 Å². The Labute approximate surface area is 223 Å².